The van der Waals surface area contributed by atoms with E-state index in [-0.39, 0.29) is 6.04 Å². The van der Waals surface area contributed by atoms with Crippen molar-refractivity contribution in [2.45, 2.75) is 26.4 Å². The molecule has 1 aromatic heterocycles. The van der Waals surface area contributed by atoms with E-state index < -0.39 is 0 Å². The largest absolute Gasteiger partial charge is 0.306 e. The van der Waals surface area contributed by atoms with Crippen molar-refractivity contribution in [1.29, 1.82) is 0 Å². The van der Waals surface area contributed by atoms with Crippen LogP contribution in [0.5, 0.6) is 0 Å². The molecule has 2 heteroatoms. The summed E-state index contributed by atoms with van der Waals surface area (Å²) in [5.41, 5.74) is 6.02. The molecule has 0 saturated carbocycles. The molecule has 1 N–H and O–H groups in total. The van der Waals surface area contributed by atoms with Gasteiger partial charge in [0.15, 0.2) is 0 Å². The van der Waals surface area contributed by atoms with Crippen molar-refractivity contribution < 1.29 is 0 Å². The summed E-state index contributed by atoms with van der Waals surface area (Å²) in [5.74, 6) is 0. The first-order valence-corrected chi connectivity index (χ1v) is 9.44. The Morgan fingerprint density at radius 2 is 1.67 bits per heavy atom. The summed E-state index contributed by atoms with van der Waals surface area (Å²) in [7, 11) is 0. The number of aromatic nitrogens is 1. The lowest BCUT2D eigenvalue weighted by Gasteiger charge is -2.17. The molecule has 0 spiro atoms. The van der Waals surface area contributed by atoms with Gasteiger partial charge in [-0.25, -0.2) is 0 Å². The van der Waals surface area contributed by atoms with E-state index in [4.69, 9.17) is 0 Å². The van der Waals surface area contributed by atoms with Gasteiger partial charge in [0.05, 0.1) is 0 Å². The molecule has 134 valence electrons. The van der Waals surface area contributed by atoms with Crippen LogP contribution in [0.15, 0.2) is 85.1 Å². The number of hydrogen-bond acceptors (Lipinski definition) is 2. The predicted molar refractivity (Wildman–Crippen MR) is 114 cm³/mol. The maximum atomic E-state index is 4.41. The molecule has 1 unspecified atom stereocenters. The maximum absolute atomic E-state index is 4.41. The Labute approximate surface area is 160 Å². The van der Waals surface area contributed by atoms with E-state index >= 15 is 0 Å². The van der Waals surface area contributed by atoms with Crippen molar-refractivity contribution in [1.82, 2.24) is 10.3 Å². The summed E-state index contributed by atoms with van der Waals surface area (Å²) >= 11 is 0. The van der Waals surface area contributed by atoms with Crippen molar-refractivity contribution in [2.24, 2.45) is 0 Å². The summed E-state index contributed by atoms with van der Waals surface area (Å²) in [5, 5.41) is 6.29. The lowest BCUT2D eigenvalue weighted by atomic mass is 9.99. The zero-order valence-electron chi connectivity index (χ0n) is 15.8. The van der Waals surface area contributed by atoms with Crippen LogP contribution in [0.25, 0.3) is 21.9 Å². The Balaban J connectivity index is 1.51. The molecule has 1 heterocycles. The number of benzene rings is 3. The van der Waals surface area contributed by atoms with E-state index in [1.165, 1.54) is 27.5 Å². The molecule has 4 rings (SSSR count). The second kappa shape index (κ2) is 7.73. The quantitative estimate of drug-likeness (QED) is 0.472. The van der Waals surface area contributed by atoms with Crippen molar-refractivity contribution in [3.63, 3.8) is 0 Å². The van der Waals surface area contributed by atoms with Crippen molar-refractivity contribution >= 4 is 10.8 Å². The number of fused-ring (bicyclic) bond motifs is 1. The molecule has 2 nitrogen and oxygen atoms in total. The average Bonchev–Trinajstić information content (AvgIpc) is 2.72. The van der Waals surface area contributed by atoms with E-state index in [1.54, 1.807) is 0 Å². The van der Waals surface area contributed by atoms with Crippen molar-refractivity contribution in [2.75, 3.05) is 0 Å². The fourth-order valence-electron chi connectivity index (χ4n) is 3.51. The van der Waals surface area contributed by atoms with Crippen LogP contribution in [0.3, 0.4) is 0 Å². The van der Waals surface area contributed by atoms with Gasteiger partial charge in [0.2, 0.25) is 0 Å². The number of nitrogens with zero attached hydrogens (tertiary/aromatic N) is 1. The van der Waals surface area contributed by atoms with E-state index in [0.717, 1.165) is 17.8 Å². The smallest absolute Gasteiger partial charge is 0.0373 e. The van der Waals surface area contributed by atoms with Crippen LogP contribution in [0.4, 0.5) is 0 Å². The molecular weight excluding hydrogens is 328 g/mol. The molecule has 0 aliphatic heterocycles. The van der Waals surface area contributed by atoms with E-state index in [2.05, 4.69) is 96.1 Å². The first kappa shape index (κ1) is 17.4. The molecular formula is C25H24N2. The van der Waals surface area contributed by atoms with Crippen LogP contribution in [0, 0.1) is 6.92 Å². The highest BCUT2D eigenvalue weighted by atomic mass is 14.9. The summed E-state index contributed by atoms with van der Waals surface area (Å²) in [6, 6.07) is 28.3. The third kappa shape index (κ3) is 3.91. The van der Waals surface area contributed by atoms with Gasteiger partial charge in [0.1, 0.15) is 0 Å². The minimum Gasteiger partial charge on any atom is -0.306 e. The zero-order valence-corrected chi connectivity index (χ0v) is 15.8. The van der Waals surface area contributed by atoms with Gasteiger partial charge in [-0.3, -0.25) is 4.98 Å². The molecule has 0 saturated heterocycles. The monoisotopic (exact) mass is 352 g/mol. The van der Waals surface area contributed by atoms with Gasteiger partial charge in [-0.05, 0) is 53.4 Å². The number of nitrogens with one attached hydrogen (secondary N) is 1. The molecule has 0 fully saturated rings. The fourth-order valence-corrected chi connectivity index (χ4v) is 3.51. The van der Waals surface area contributed by atoms with Gasteiger partial charge in [0.25, 0.3) is 0 Å². The number of pyridine rings is 1. The van der Waals surface area contributed by atoms with Crippen molar-refractivity contribution in [3.05, 3.63) is 102 Å². The predicted octanol–water partition coefficient (Wildman–Crippen LogP) is 6.06. The highest BCUT2D eigenvalue weighted by Gasteiger charge is 2.09. The molecule has 0 aliphatic carbocycles. The molecule has 0 amide bonds. The van der Waals surface area contributed by atoms with Gasteiger partial charge < -0.3 is 5.32 Å². The maximum Gasteiger partial charge on any atom is 0.0373 e. The Morgan fingerprint density at radius 1 is 0.852 bits per heavy atom. The third-order valence-corrected chi connectivity index (χ3v) is 5.07. The molecule has 1 atom stereocenters. The van der Waals surface area contributed by atoms with Gasteiger partial charge in [-0.15, -0.1) is 0 Å². The van der Waals surface area contributed by atoms with E-state index in [9.17, 15) is 0 Å². The number of aryl methyl sites for hydroxylation is 1. The molecule has 0 radical (unpaired) electrons. The molecule has 0 bridgehead atoms. The Hall–Kier alpha value is -2.97. The lowest BCUT2D eigenvalue weighted by Crippen LogP contribution is -2.18. The van der Waals surface area contributed by atoms with Crippen LogP contribution in [0.2, 0.25) is 0 Å². The van der Waals surface area contributed by atoms with Crippen molar-refractivity contribution in [3.8, 4) is 11.1 Å². The van der Waals surface area contributed by atoms with E-state index in [0.29, 0.717) is 0 Å². The molecule has 27 heavy (non-hydrogen) atoms. The number of rotatable bonds is 5. The Morgan fingerprint density at radius 3 is 2.52 bits per heavy atom. The van der Waals surface area contributed by atoms with Gasteiger partial charge in [-0.2, -0.15) is 0 Å². The zero-order chi connectivity index (χ0) is 18.6. The second-order valence-corrected chi connectivity index (χ2v) is 7.06. The average molecular weight is 352 g/mol. The standard InChI is InChI=1S/C25H24N2/c1-18-13-14-23(17-26-18)22-10-5-7-20(15-22)16-27-19(2)24-12-6-9-21-8-3-4-11-25(21)24/h3-15,17,19,27H,16H2,1-2H3. The van der Waals surface area contributed by atoms with Crippen LogP contribution >= 0.6 is 0 Å². The lowest BCUT2D eigenvalue weighted by molar-refractivity contribution is 0.578. The number of hydrogen-bond donors (Lipinski definition) is 1. The minimum absolute atomic E-state index is 0.279. The summed E-state index contributed by atoms with van der Waals surface area (Å²) in [4.78, 5) is 4.41. The van der Waals surface area contributed by atoms with Gasteiger partial charge in [-0.1, -0.05) is 66.7 Å². The summed E-state index contributed by atoms with van der Waals surface area (Å²) in [6.45, 7) is 5.08. The van der Waals surface area contributed by atoms with Crippen LogP contribution in [0.1, 0.15) is 29.8 Å². The second-order valence-electron chi connectivity index (χ2n) is 7.06. The Kier molecular flexibility index (Phi) is 4.99. The summed E-state index contributed by atoms with van der Waals surface area (Å²) < 4.78 is 0. The first-order valence-electron chi connectivity index (χ1n) is 9.44. The highest BCUT2D eigenvalue weighted by Crippen LogP contribution is 2.25. The molecule has 0 aliphatic rings. The Bertz CT molecular complexity index is 1050. The normalized spacial score (nSPS) is 12.2. The van der Waals surface area contributed by atoms with Crippen LogP contribution in [-0.4, -0.2) is 4.98 Å². The first-order chi connectivity index (χ1) is 13.2. The fraction of sp³-hybridized carbons (Fsp3) is 0.160. The SMILES string of the molecule is Cc1ccc(-c2cccc(CNC(C)c3cccc4ccccc34)c2)cn1. The topological polar surface area (TPSA) is 24.9 Å². The third-order valence-electron chi connectivity index (χ3n) is 5.07. The minimum atomic E-state index is 0.279. The van der Waals surface area contributed by atoms with Crippen LogP contribution < -0.4 is 5.32 Å². The molecule has 3 aromatic carbocycles. The van der Waals surface area contributed by atoms with E-state index in [1.807, 2.05) is 13.1 Å². The summed E-state index contributed by atoms with van der Waals surface area (Å²) in [6.07, 6.45) is 1.95. The van der Waals surface area contributed by atoms with Crippen LogP contribution in [-0.2, 0) is 6.54 Å². The molecule has 4 aromatic rings. The highest BCUT2D eigenvalue weighted by molar-refractivity contribution is 5.86. The van der Waals surface area contributed by atoms with Gasteiger partial charge >= 0.3 is 0 Å². The van der Waals surface area contributed by atoms with Gasteiger partial charge in [0, 0.05) is 30.0 Å².